The van der Waals surface area contributed by atoms with Gasteiger partial charge in [0.25, 0.3) is 5.91 Å². The molecule has 0 bridgehead atoms. The second-order valence-electron chi connectivity index (χ2n) is 10.0. The zero-order chi connectivity index (χ0) is 23.7. The first-order valence-electron chi connectivity index (χ1n) is 12.4. The third kappa shape index (κ3) is 4.31. The van der Waals surface area contributed by atoms with Crippen molar-refractivity contribution in [3.8, 4) is 11.3 Å². The normalized spacial score (nSPS) is 24.6. The summed E-state index contributed by atoms with van der Waals surface area (Å²) in [6.45, 7) is 5.20. The molecule has 3 aromatic rings. The predicted octanol–water partition coefficient (Wildman–Crippen LogP) is 5.37. The van der Waals surface area contributed by atoms with Gasteiger partial charge in [0, 0.05) is 23.2 Å². The van der Waals surface area contributed by atoms with Crippen LogP contribution in [-0.4, -0.2) is 39.4 Å². The molecular formula is C28H33N3O2S. The summed E-state index contributed by atoms with van der Waals surface area (Å²) in [6.07, 6.45) is 5.05. The minimum atomic E-state index is -0.951. The molecule has 1 aliphatic carbocycles. The SMILES string of the molecule is CC1CCC(NC(=O)[C@]2(C)Cn3c(ccc3-c3ccccc3)C(=O)N2CCc2cccs2)CC1. The fourth-order valence-corrected chi connectivity index (χ4v) is 6.10. The van der Waals surface area contributed by atoms with Crippen LogP contribution in [-0.2, 0) is 17.8 Å². The number of rotatable bonds is 6. The summed E-state index contributed by atoms with van der Waals surface area (Å²) < 4.78 is 2.04. The average molecular weight is 476 g/mol. The van der Waals surface area contributed by atoms with Crippen molar-refractivity contribution in [3.05, 3.63) is 70.5 Å². The van der Waals surface area contributed by atoms with Crippen LogP contribution in [0.15, 0.2) is 60.0 Å². The number of thiophene rings is 1. The zero-order valence-electron chi connectivity index (χ0n) is 20.0. The Labute approximate surface area is 205 Å². The minimum absolute atomic E-state index is 0.0371. The molecule has 1 N–H and O–H groups in total. The molecule has 2 amide bonds. The average Bonchev–Trinajstić information content (AvgIpc) is 3.51. The number of hydrogen-bond acceptors (Lipinski definition) is 3. The smallest absolute Gasteiger partial charge is 0.271 e. The maximum Gasteiger partial charge on any atom is 0.271 e. The van der Waals surface area contributed by atoms with Crippen LogP contribution >= 0.6 is 11.3 Å². The molecule has 34 heavy (non-hydrogen) atoms. The molecule has 5 rings (SSSR count). The van der Waals surface area contributed by atoms with Crippen molar-refractivity contribution < 1.29 is 9.59 Å². The van der Waals surface area contributed by atoms with Crippen LogP contribution in [0, 0.1) is 5.92 Å². The Balaban J connectivity index is 1.47. The Hall–Kier alpha value is -2.86. The highest BCUT2D eigenvalue weighted by Gasteiger charge is 2.48. The third-order valence-electron chi connectivity index (χ3n) is 7.58. The molecule has 2 aliphatic rings. The van der Waals surface area contributed by atoms with E-state index < -0.39 is 5.54 Å². The fourth-order valence-electron chi connectivity index (χ4n) is 5.41. The fraction of sp³-hybridized carbons (Fsp3) is 0.429. The van der Waals surface area contributed by atoms with Gasteiger partial charge in [-0.1, -0.05) is 43.3 Å². The van der Waals surface area contributed by atoms with Crippen LogP contribution in [0.3, 0.4) is 0 Å². The Kier molecular flexibility index (Phi) is 6.34. The molecule has 2 aromatic heterocycles. The first-order chi connectivity index (χ1) is 16.5. The Bertz CT molecular complexity index is 1150. The molecule has 6 heteroatoms. The first-order valence-corrected chi connectivity index (χ1v) is 13.2. The number of aromatic nitrogens is 1. The van der Waals surface area contributed by atoms with Crippen molar-refractivity contribution in [2.75, 3.05) is 6.54 Å². The topological polar surface area (TPSA) is 54.3 Å². The lowest BCUT2D eigenvalue weighted by Crippen LogP contribution is -2.65. The molecule has 0 unspecified atom stereocenters. The van der Waals surface area contributed by atoms with Gasteiger partial charge in [-0.15, -0.1) is 11.3 Å². The van der Waals surface area contributed by atoms with E-state index >= 15 is 0 Å². The van der Waals surface area contributed by atoms with Gasteiger partial charge in [-0.25, -0.2) is 0 Å². The van der Waals surface area contributed by atoms with Crippen molar-refractivity contribution in [1.82, 2.24) is 14.8 Å². The number of carbonyl (C=O) groups excluding carboxylic acids is 2. The van der Waals surface area contributed by atoms with Crippen molar-refractivity contribution in [1.29, 1.82) is 0 Å². The van der Waals surface area contributed by atoms with Crippen LogP contribution in [0.2, 0.25) is 0 Å². The van der Waals surface area contributed by atoms with Crippen molar-refractivity contribution in [2.45, 2.75) is 64.1 Å². The van der Waals surface area contributed by atoms with E-state index in [1.165, 1.54) is 4.88 Å². The summed E-state index contributed by atoms with van der Waals surface area (Å²) in [7, 11) is 0. The van der Waals surface area contributed by atoms with E-state index in [1.54, 1.807) is 11.3 Å². The lowest BCUT2D eigenvalue weighted by molar-refractivity contribution is -0.133. The van der Waals surface area contributed by atoms with Crippen LogP contribution < -0.4 is 5.32 Å². The van der Waals surface area contributed by atoms with E-state index in [1.807, 2.05) is 52.8 Å². The van der Waals surface area contributed by atoms with Crippen molar-refractivity contribution in [2.24, 2.45) is 5.92 Å². The lowest BCUT2D eigenvalue weighted by Gasteiger charge is -2.45. The molecule has 1 fully saturated rings. The number of hydrogen-bond donors (Lipinski definition) is 1. The molecule has 1 aromatic carbocycles. The first kappa shape index (κ1) is 22.9. The lowest BCUT2D eigenvalue weighted by atomic mass is 9.86. The monoisotopic (exact) mass is 475 g/mol. The second kappa shape index (κ2) is 9.41. The standard InChI is InChI=1S/C28H33N3O2S/c1-20-10-12-22(13-11-20)29-27(33)28(2)19-30-24(21-7-4-3-5-8-21)14-15-25(30)26(32)31(28)17-16-23-9-6-18-34-23/h3-9,14-15,18,20,22H,10-13,16-17,19H2,1-2H3,(H,29,33)/t20?,22?,28-/m0/s1. The van der Waals surface area contributed by atoms with Crippen LogP contribution in [0.5, 0.6) is 0 Å². The van der Waals surface area contributed by atoms with Gasteiger partial charge < -0.3 is 14.8 Å². The highest BCUT2D eigenvalue weighted by atomic mass is 32.1. The number of fused-ring (bicyclic) bond motifs is 1. The van der Waals surface area contributed by atoms with Gasteiger partial charge >= 0.3 is 0 Å². The molecular weight excluding hydrogens is 442 g/mol. The summed E-state index contributed by atoms with van der Waals surface area (Å²) >= 11 is 1.69. The molecule has 1 aliphatic heterocycles. The molecule has 0 spiro atoms. The largest absolute Gasteiger partial charge is 0.351 e. The van der Waals surface area contributed by atoms with E-state index in [0.29, 0.717) is 18.8 Å². The Morgan fingerprint density at radius 1 is 1.03 bits per heavy atom. The van der Waals surface area contributed by atoms with Gasteiger partial charge in [-0.05, 0) is 74.1 Å². The second-order valence-corrected chi connectivity index (χ2v) is 11.1. The molecule has 3 heterocycles. The van der Waals surface area contributed by atoms with Crippen LogP contribution in [0.4, 0.5) is 0 Å². The molecule has 1 saturated carbocycles. The molecule has 0 radical (unpaired) electrons. The highest BCUT2D eigenvalue weighted by molar-refractivity contribution is 7.09. The van der Waals surface area contributed by atoms with Crippen LogP contribution in [0.25, 0.3) is 11.3 Å². The number of benzene rings is 1. The summed E-state index contributed by atoms with van der Waals surface area (Å²) in [5.41, 5.74) is 1.74. The Morgan fingerprint density at radius 2 is 1.76 bits per heavy atom. The van der Waals surface area contributed by atoms with Gasteiger partial charge in [0.15, 0.2) is 0 Å². The van der Waals surface area contributed by atoms with E-state index in [4.69, 9.17) is 0 Å². The van der Waals surface area contributed by atoms with Gasteiger partial charge in [-0.2, -0.15) is 0 Å². The summed E-state index contributed by atoms with van der Waals surface area (Å²) in [5, 5.41) is 5.39. The zero-order valence-corrected chi connectivity index (χ0v) is 20.8. The number of carbonyl (C=O) groups is 2. The maximum atomic E-state index is 13.9. The third-order valence-corrected chi connectivity index (χ3v) is 8.51. The van der Waals surface area contributed by atoms with Crippen molar-refractivity contribution in [3.63, 3.8) is 0 Å². The summed E-state index contributed by atoms with van der Waals surface area (Å²) in [5.74, 6) is 0.614. The minimum Gasteiger partial charge on any atom is -0.351 e. The number of nitrogens with one attached hydrogen (secondary N) is 1. The summed E-state index contributed by atoms with van der Waals surface area (Å²) in [6, 6.07) is 18.3. The maximum absolute atomic E-state index is 13.9. The predicted molar refractivity (Wildman–Crippen MR) is 137 cm³/mol. The molecule has 0 saturated heterocycles. The Morgan fingerprint density at radius 3 is 2.47 bits per heavy atom. The van der Waals surface area contributed by atoms with Gasteiger partial charge in [-0.3, -0.25) is 9.59 Å². The van der Waals surface area contributed by atoms with Gasteiger partial charge in [0.2, 0.25) is 5.91 Å². The molecule has 178 valence electrons. The quantitative estimate of drug-likeness (QED) is 0.521. The van der Waals surface area contributed by atoms with Crippen molar-refractivity contribution >= 4 is 23.2 Å². The van der Waals surface area contributed by atoms with E-state index in [-0.39, 0.29) is 17.9 Å². The van der Waals surface area contributed by atoms with E-state index in [9.17, 15) is 9.59 Å². The summed E-state index contributed by atoms with van der Waals surface area (Å²) in [4.78, 5) is 30.7. The number of nitrogens with zero attached hydrogens (tertiary/aromatic N) is 2. The molecule has 5 nitrogen and oxygen atoms in total. The van der Waals surface area contributed by atoms with Crippen LogP contribution in [0.1, 0.15) is 54.9 Å². The van der Waals surface area contributed by atoms with Gasteiger partial charge in [0.1, 0.15) is 11.2 Å². The van der Waals surface area contributed by atoms with E-state index in [0.717, 1.165) is 49.3 Å². The van der Waals surface area contributed by atoms with Gasteiger partial charge in [0.05, 0.1) is 6.54 Å². The number of amides is 2. The molecule has 1 atom stereocenters. The highest BCUT2D eigenvalue weighted by Crippen LogP contribution is 2.34. The van der Waals surface area contributed by atoms with E-state index in [2.05, 4.69) is 35.8 Å².